The molecule has 3 unspecified atom stereocenters. The minimum absolute atomic E-state index is 0.0244. The van der Waals surface area contributed by atoms with Crippen LogP contribution in [0.25, 0.3) is 0 Å². The minimum Gasteiger partial charge on any atom is -0.669 e. The summed E-state index contributed by atoms with van der Waals surface area (Å²) in [5.74, 6) is -1.71. The molecule has 3 heterocycles. The molecule has 1 aromatic carbocycles. The Morgan fingerprint density at radius 1 is 1.30 bits per heavy atom. The highest BCUT2D eigenvalue weighted by atomic mass is 16.6. The molecular weight excluding hydrogens is 395 g/mol. The second-order valence-electron chi connectivity index (χ2n) is 8.49. The van der Waals surface area contributed by atoms with Crippen LogP contribution in [0.1, 0.15) is 34.7 Å². The Morgan fingerprint density at radius 2 is 2.10 bits per heavy atom. The molecular formula is C19H24BN2O8-. The number of carboxylic acid groups (broad SMARTS) is 1. The number of carbonyl (C=O) groups is 2. The zero-order valence-electron chi connectivity index (χ0n) is 16.3. The molecule has 5 rings (SSSR count). The minimum atomic E-state index is -3.08. The average molecular weight is 419 g/mol. The lowest BCUT2D eigenvalue weighted by atomic mass is 9.68. The Hall–Kier alpha value is -2.34. The van der Waals surface area contributed by atoms with Crippen molar-refractivity contribution in [2.45, 2.75) is 36.8 Å². The number of hydrogen-bond donors (Lipinski definition) is 4. The third kappa shape index (κ3) is 3.41. The lowest BCUT2D eigenvalue weighted by Crippen LogP contribution is -2.57. The lowest BCUT2D eigenvalue weighted by molar-refractivity contribution is -0.143. The van der Waals surface area contributed by atoms with Crippen molar-refractivity contribution in [2.75, 3.05) is 32.8 Å². The molecule has 1 saturated carbocycles. The summed E-state index contributed by atoms with van der Waals surface area (Å²) < 4.78 is 16.7. The van der Waals surface area contributed by atoms with Gasteiger partial charge in [0, 0.05) is 13.1 Å². The molecule has 11 heteroatoms. The van der Waals surface area contributed by atoms with Crippen LogP contribution in [0.15, 0.2) is 12.1 Å². The van der Waals surface area contributed by atoms with Gasteiger partial charge < -0.3 is 39.5 Å². The van der Waals surface area contributed by atoms with Gasteiger partial charge in [-0.15, -0.1) is 0 Å². The van der Waals surface area contributed by atoms with E-state index in [1.165, 1.54) is 0 Å². The molecule has 1 aromatic rings. The molecule has 3 atom stereocenters. The number of carbonyl (C=O) groups excluding carboxylic acids is 1. The van der Waals surface area contributed by atoms with Crippen molar-refractivity contribution in [3.8, 4) is 11.5 Å². The Morgan fingerprint density at radius 3 is 2.80 bits per heavy atom. The van der Waals surface area contributed by atoms with E-state index < -0.39 is 12.7 Å². The number of morpholine rings is 1. The topological polar surface area (TPSA) is 138 Å². The number of ether oxygens (including phenoxy) is 2. The summed E-state index contributed by atoms with van der Waals surface area (Å²) in [6, 6.07) is 3.31. The lowest BCUT2D eigenvalue weighted by Gasteiger charge is -2.41. The molecule has 4 N–H and O–H groups in total. The van der Waals surface area contributed by atoms with E-state index >= 15 is 0 Å². The fourth-order valence-electron chi connectivity index (χ4n) is 4.58. The van der Waals surface area contributed by atoms with Crippen molar-refractivity contribution in [1.82, 2.24) is 10.2 Å². The van der Waals surface area contributed by atoms with Crippen molar-refractivity contribution in [1.29, 1.82) is 0 Å². The van der Waals surface area contributed by atoms with Gasteiger partial charge in [-0.3, -0.25) is 4.79 Å². The van der Waals surface area contributed by atoms with Crippen LogP contribution in [0.2, 0.25) is 5.82 Å². The van der Waals surface area contributed by atoms with E-state index in [0.717, 1.165) is 6.54 Å². The van der Waals surface area contributed by atoms with Gasteiger partial charge in [-0.25, -0.2) is 4.79 Å². The normalized spacial score (nSPS) is 29.1. The third-order valence-electron chi connectivity index (χ3n) is 6.35. The second-order valence-corrected chi connectivity index (χ2v) is 8.49. The smallest absolute Gasteiger partial charge is 0.434 e. The third-order valence-corrected chi connectivity index (χ3v) is 6.35. The fourth-order valence-corrected chi connectivity index (χ4v) is 4.58. The van der Waals surface area contributed by atoms with E-state index in [0.29, 0.717) is 44.6 Å². The van der Waals surface area contributed by atoms with Crippen LogP contribution < -0.4 is 14.7 Å². The number of likely N-dealkylation sites (tertiary alicyclic amines) is 1. The number of nitrogens with zero attached hydrogens (tertiary/aromatic N) is 1. The van der Waals surface area contributed by atoms with Gasteiger partial charge in [0.2, 0.25) is 5.91 Å². The van der Waals surface area contributed by atoms with Gasteiger partial charge in [0.05, 0.1) is 38.0 Å². The quantitative estimate of drug-likeness (QED) is 0.467. The van der Waals surface area contributed by atoms with Crippen molar-refractivity contribution in [2.24, 2.45) is 0 Å². The average Bonchev–Trinajstić information content (AvgIpc) is 3.46. The van der Waals surface area contributed by atoms with Crippen LogP contribution >= 0.6 is 0 Å². The van der Waals surface area contributed by atoms with Gasteiger partial charge in [-0.2, -0.15) is 0 Å². The Kier molecular flexibility index (Phi) is 4.66. The monoisotopic (exact) mass is 419 g/mol. The number of carboxylic acids is 1. The first kappa shape index (κ1) is 19.6. The Labute approximate surface area is 172 Å². The summed E-state index contributed by atoms with van der Waals surface area (Å²) >= 11 is 0. The van der Waals surface area contributed by atoms with Crippen LogP contribution in [0.5, 0.6) is 11.5 Å². The number of benzene rings is 1. The summed E-state index contributed by atoms with van der Waals surface area (Å²) in [4.78, 5) is 25.9. The number of hydrogen-bond acceptors (Lipinski definition) is 8. The molecule has 2 saturated heterocycles. The highest BCUT2D eigenvalue weighted by Crippen LogP contribution is 2.63. The fraction of sp³-hybridized carbons (Fsp3) is 0.579. The Bertz CT molecular complexity index is 882. The molecule has 30 heavy (non-hydrogen) atoms. The number of fused-ring (bicyclic) bond motifs is 3. The van der Waals surface area contributed by atoms with Crippen molar-refractivity contribution < 1.29 is 38.9 Å². The van der Waals surface area contributed by atoms with Gasteiger partial charge in [0.25, 0.3) is 0 Å². The van der Waals surface area contributed by atoms with Crippen LogP contribution in [-0.2, 0) is 9.53 Å². The first-order chi connectivity index (χ1) is 14.3. The molecule has 0 aromatic heterocycles. The van der Waals surface area contributed by atoms with Gasteiger partial charge in [-0.1, -0.05) is 18.3 Å². The molecule has 0 radical (unpaired) electrons. The van der Waals surface area contributed by atoms with E-state index in [2.05, 4.69) is 5.32 Å². The van der Waals surface area contributed by atoms with E-state index in [9.17, 15) is 24.7 Å². The molecule has 4 aliphatic rings. The predicted octanol–water partition coefficient (Wildman–Crippen LogP) is -0.474. The molecule has 0 spiro atoms. The van der Waals surface area contributed by atoms with Gasteiger partial charge >= 0.3 is 12.7 Å². The molecule has 162 valence electrons. The second kappa shape index (κ2) is 7.12. The first-order valence-corrected chi connectivity index (χ1v) is 10.3. The summed E-state index contributed by atoms with van der Waals surface area (Å²) in [6.45, 7) is -0.341. The van der Waals surface area contributed by atoms with Crippen LogP contribution in [0, 0.1) is 0 Å². The van der Waals surface area contributed by atoms with Crippen molar-refractivity contribution in [3.63, 3.8) is 0 Å². The zero-order chi connectivity index (χ0) is 21.0. The van der Waals surface area contributed by atoms with Gasteiger partial charge in [-0.05, 0) is 17.5 Å². The summed E-state index contributed by atoms with van der Waals surface area (Å²) in [6.07, 6.45) is 0.380. The summed E-state index contributed by atoms with van der Waals surface area (Å²) in [7, 11) is 0. The van der Waals surface area contributed by atoms with Crippen molar-refractivity contribution >= 4 is 18.6 Å². The first-order valence-electron chi connectivity index (χ1n) is 10.3. The van der Waals surface area contributed by atoms with Gasteiger partial charge in [0.15, 0.2) is 0 Å². The molecule has 10 nitrogen and oxygen atoms in total. The largest absolute Gasteiger partial charge is 0.669 e. The molecule has 3 fully saturated rings. The standard InChI is InChI=1S/C19H24BN2O8/c23-16(5-10-7-21-3-4-28-10)22-8-11(9-22)29-15-2-1-12-13-6-14(13)20(26,27)30-18(12)17(15)19(24)25/h1-2,10-11,13-14,21,26-27H,3-9H2,(H,24,25)/q-1. The molecule has 1 aliphatic carbocycles. The Balaban J connectivity index is 1.25. The van der Waals surface area contributed by atoms with Crippen LogP contribution in [0.3, 0.4) is 0 Å². The van der Waals surface area contributed by atoms with Crippen molar-refractivity contribution in [3.05, 3.63) is 23.3 Å². The zero-order valence-corrected chi connectivity index (χ0v) is 16.3. The van der Waals surface area contributed by atoms with E-state index in [-0.39, 0.29) is 46.9 Å². The highest BCUT2D eigenvalue weighted by molar-refractivity contribution is 6.62. The predicted molar refractivity (Wildman–Crippen MR) is 104 cm³/mol. The number of nitrogens with one attached hydrogen (secondary N) is 1. The maximum absolute atomic E-state index is 12.4. The van der Waals surface area contributed by atoms with E-state index in [4.69, 9.17) is 14.1 Å². The highest BCUT2D eigenvalue weighted by Gasteiger charge is 2.55. The van der Waals surface area contributed by atoms with Crippen LogP contribution in [0.4, 0.5) is 0 Å². The molecule has 1 amide bonds. The van der Waals surface area contributed by atoms with Gasteiger partial charge in [0.1, 0.15) is 17.4 Å². The molecule has 0 bridgehead atoms. The number of rotatable bonds is 5. The summed E-state index contributed by atoms with van der Waals surface area (Å²) in [5, 5.41) is 33.1. The summed E-state index contributed by atoms with van der Waals surface area (Å²) in [5.41, 5.74) is 0.454. The van der Waals surface area contributed by atoms with Crippen LogP contribution in [-0.4, -0.2) is 83.7 Å². The molecule has 3 aliphatic heterocycles. The van der Waals surface area contributed by atoms with E-state index in [1.54, 1.807) is 17.0 Å². The number of aromatic carboxylic acids is 1. The number of amides is 1. The maximum Gasteiger partial charge on any atom is 0.434 e. The van der Waals surface area contributed by atoms with E-state index in [1.807, 2.05) is 0 Å². The maximum atomic E-state index is 12.4. The SMILES string of the molecule is O=C(O)c1c(OC2CN(C(=O)CC3CNCCO3)C2)ccc2c1O[B-](O)(O)C1CC21.